The number of rotatable bonds is 5. The lowest BCUT2D eigenvalue weighted by molar-refractivity contribution is -0.338. The van der Waals surface area contributed by atoms with Crippen molar-refractivity contribution in [3.05, 3.63) is 0 Å². The molecule has 0 amide bonds. The van der Waals surface area contributed by atoms with Crippen molar-refractivity contribution in [1.29, 1.82) is 0 Å². The van der Waals surface area contributed by atoms with Crippen LogP contribution in [0.15, 0.2) is 0 Å². The van der Waals surface area contributed by atoms with Crippen LogP contribution in [0.3, 0.4) is 0 Å². The van der Waals surface area contributed by atoms with Gasteiger partial charge in [0.2, 0.25) is 0 Å². The summed E-state index contributed by atoms with van der Waals surface area (Å²) in [5, 5.41) is 68.2. The summed E-state index contributed by atoms with van der Waals surface area (Å²) in [6, 6.07) is 0. The van der Waals surface area contributed by atoms with Gasteiger partial charge >= 0.3 is 0 Å². The Bertz CT molecular complexity index is 397. The van der Waals surface area contributed by atoms with Crippen LogP contribution < -0.4 is 0 Å². The molecule has 7 N–H and O–H groups in total. The third-order valence-electron chi connectivity index (χ3n) is 4.28. The van der Waals surface area contributed by atoms with E-state index in [2.05, 4.69) is 12.6 Å². The molecule has 11 heteroatoms. The minimum absolute atomic E-state index is 0.0349. The molecule has 2 heterocycles. The van der Waals surface area contributed by atoms with Gasteiger partial charge in [-0.25, -0.2) is 0 Å². The van der Waals surface area contributed by atoms with E-state index < -0.39 is 74.4 Å². The van der Waals surface area contributed by atoms with Crippen LogP contribution in [0.2, 0.25) is 0 Å². The molecule has 2 aliphatic heterocycles. The summed E-state index contributed by atoms with van der Waals surface area (Å²) >= 11 is 3.98. The van der Waals surface area contributed by atoms with Gasteiger partial charge in [0.05, 0.1) is 19.3 Å². The van der Waals surface area contributed by atoms with Crippen LogP contribution in [0.25, 0.3) is 0 Å². The van der Waals surface area contributed by atoms with Crippen molar-refractivity contribution < 1.29 is 50.0 Å². The average molecular weight is 372 g/mol. The predicted octanol–water partition coefficient (Wildman–Crippen LogP) is -4.42. The van der Waals surface area contributed by atoms with Gasteiger partial charge in [-0.2, -0.15) is 12.6 Å². The molecule has 0 aromatic carbocycles. The Balaban J connectivity index is 2.12. The number of ether oxygens (including phenoxy) is 3. The molecule has 2 aliphatic rings. The van der Waals surface area contributed by atoms with E-state index in [9.17, 15) is 30.6 Å². The zero-order valence-corrected chi connectivity index (χ0v) is 13.6. The van der Waals surface area contributed by atoms with Crippen molar-refractivity contribution in [3.8, 4) is 0 Å². The monoisotopic (exact) mass is 372 g/mol. The fraction of sp³-hybridized carbons (Fsp3) is 1.00. The Hall–Kier alpha value is -0.0500. The smallest absolute Gasteiger partial charge is 0.187 e. The topological polar surface area (TPSA) is 169 Å². The highest BCUT2D eigenvalue weighted by molar-refractivity contribution is 7.80. The fourth-order valence-electron chi connectivity index (χ4n) is 2.82. The van der Waals surface area contributed by atoms with Gasteiger partial charge in [0, 0.05) is 5.75 Å². The molecule has 2 fully saturated rings. The lowest BCUT2D eigenvalue weighted by Crippen LogP contribution is -2.64. The minimum atomic E-state index is -1.63. The lowest BCUT2D eigenvalue weighted by Gasteiger charge is -2.46. The first-order valence-electron chi connectivity index (χ1n) is 7.55. The molecular formula is C13H24O10S. The minimum Gasteiger partial charge on any atom is -0.394 e. The molecule has 0 aliphatic carbocycles. The van der Waals surface area contributed by atoms with Crippen molar-refractivity contribution in [2.45, 2.75) is 61.2 Å². The highest BCUT2D eigenvalue weighted by atomic mass is 32.1. The van der Waals surface area contributed by atoms with E-state index in [1.807, 2.05) is 0 Å². The molecular weight excluding hydrogens is 348 g/mol. The van der Waals surface area contributed by atoms with Crippen LogP contribution in [0, 0.1) is 0 Å². The summed E-state index contributed by atoms with van der Waals surface area (Å²) in [4.78, 5) is 0. The highest BCUT2D eigenvalue weighted by Gasteiger charge is 2.50. The number of aliphatic hydroxyl groups is 7. The van der Waals surface area contributed by atoms with Gasteiger partial charge in [0.1, 0.15) is 48.8 Å². The molecule has 0 saturated carbocycles. The van der Waals surface area contributed by atoms with Crippen molar-refractivity contribution in [3.63, 3.8) is 0 Å². The summed E-state index contributed by atoms with van der Waals surface area (Å²) in [5.74, 6) is 0.0349. The first kappa shape index (κ1) is 20.3. The Kier molecular flexibility index (Phi) is 7.22. The van der Waals surface area contributed by atoms with Gasteiger partial charge in [-0.1, -0.05) is 0 Å². The van der Waals surface area contributed by atoms with Gasteiger partial charge in [0.15, 0.2) is 6.29 Å². The van der Waals surface area contributed by atoms with E-state index in [-0.39, 0.29) is 5.75 Å². The first-order chi connectivity index (χ1) is 11.3. The quantitative estimate of drug-likeness (QED) is 0.220. The van der Waals surface area contributed by atoms with Gasteiger partial charge in [-0.3, -0.25) is 0 Å². The van der Waals surface area contributed by atoms with Crippen LogP contribution in [-0.2, 0) is 14.2 Å². The molecule has 0 aromatic rings. The molecule has 10 atom stereocenters. The summed E-state index contributed by atoms with van der Waals surface area (Å²) in [7, 11) is 0. The number of hydrogen-bond donors (Lipinski definition) is 8. The van der Waals surface area contributed by atoms with Gasteiger partial charge in [0.25, 0.3) is 0 Å². The van der Waals surface area contributed by atoms with E-state index in [1.54, 1.807) is 0 Å². The Morgan fingerprint density at radius 1 is 0.708 bits per heavy atom. The molecule has 10 nitrogen and oxygen atoms in total. The second-order valence-electron chi connectivity index (χ2n) is 5.86. The maximum atomic E-state index is 10.2. The van der Waals surface area contributed by atoms with Crippen LogP contribution in [0.4, 0.5) is 0 Å². The van der Waals surface area contributed by atoms with E-state index in [0.717, 1.165) is 0 Å². The molecule has 4 unspecified atom stereocenters. The number of thiol groups is 1. The summed E-state index contributed by atoms with van der Waals surface area (Å²) in [6.07, 6.45) is -13.5. The Morgan fingerprint density at radius 2 is 1.29 bits per heavy atom. The Labute approximate surface area is 143 Å². The molecule has 0 spiro atoms. The normalized spacial score (nSPS) is 50.0. The lowest BCUT2D eigenvalue weighted by atomic mass is 9.94. The van der Waals surface area contributed by atoms with E-state index in [0.29, 0.717) is 0 Å². The standard InChI is InChI=1S/C13H24O10S/c14-1-4-7(16)10(19)12(5(2-15)21-4)23-13-11(20)9(18)8(17)6(3-24)22-13/h4-20,24H,1-3H2/t4-,5?,6?,7?,8+,9?,10+,11-,12+,13-/m0/s1. The van der Waals surface area contributed by atoms with Crippen LogP contribution >= 0.6 is 12.6 Å². The van der Waals surface area contributed by atoms with Gasteiger partial charge < -0.3 is 50.0 Å². The SMILES string of the molecule is OCC1O[C@@H](CO)C(O)[C@@H](O)[C@@H]1O[C@@H]1OC(CS)[C@@H](O)C(O)[C@@H]1O. The third kappa shape index (κ3) is 3.86. The molecule has 0 aromatic heterocycles. The molecule has 0 bridgehead atoms. The van der Waals surface area contributed by atoms with Crippen molar-refractivity contribution in [2.24, 2.45) is 0 Å². The van der Waals surface area contributed by atoms with E-state index >= 15 is 0 Å². The van der Waals surface area contributed by atoms with E-state index in [1.165, 1.54) is 0 Å². The van der Waals surface area contributed by atoms with Crippen molar-refractivity contribution in [2.75, 3.05) is 19.0 Å². The summed E-state index contributed by atoms with van der Waals surface area (Å²) in [5.41, 5.74) is 0. The predicted molar refractivity (Wildman–Crippen MR) is 80.3 cm³/mol. The van der Waals surface area contributed by atoms with Crippen LogP contribution in [0.5, 0.6) is 0 Å². The number of hydrogen-bond acceptors (Lipinski definition) is 11. The third-order valence-corrected chi connectivity index (χ3v) is 4.64. The Morgan fingerprint density at radius 3 is 1.83 bits per heavy atom. The van der Waals surface area contributed by atoms with E-state index in [4.69, 9.17) is 19.3 Å². The van der Waals surface area contributed by atoms with Crippen molar-refractivity contribution >= 4 is 12.6 Å². The maximum Gasteiger partial charge on any atom is 0.187 e. The fourth-order valence-corrected chi connectivity index (χ4v) is 3.12. The van der Waals surface area contributed by atoms with Crippen molar-refractivity contribution in [1.82, 2.24) is 0 Å². The molecule has 2 saturated heterocycles. The van der Waals surface area contributed by atoms with Crippen LogP contribution in [-0.4, -0.2) is 116 Å². The molecule has 24 heavy (non-hydrogen) atoms. The summed E-state index contributed by atoms with van der Waals surface area (Å²) < 4.78 is 16.0. The molecule has 142 valence electrons. The largest absolute Gasteiger partial charge is 0.394 e. The zero-order valence-electron chi connectivity index (χ0n) is 12.7. The number of aliphatic hydroxyl groups excluding tert-OH is 7. The zero-order chi connectivity index (χ0) is 18.0. The average Bonchev–Trinajstić information content (AvgIpc) is 2.59. The first-order valence-corrected chi connectivity index (χ1v) is 8.18. The van der Waals surface area contributed by atoms with Gasteiger partial charge in [-0.15, -0.1) is 0 Å². The second kappa shape index (κ2) is 8.56. The molecule has 2 rings (SSSR count). The highest BCUT2D eigenvalue weighted by Crippen LogP contribution is 2.29. The summed E-state index contributed by atoms with van der Waals surface area (Å²) in [6.45, 7) is -1.16. The second-order valence-corrected chi connectivity index (χ2v) is 6.22. The van der Waals surface area contributed by atoms with Gasteiger partial charge in [-0.05, 0) is 0 Å². The van der Waals surface area contributed by atoms with Crippen LogP contribution in [0.1, 0.15) is 0 Å². The maximum absolute atomic E-state index is 10.2. The molecule has 0 radical (unpaired) electrons.